The fraction of sp³-hybridized carbons (Fsp3) is 0.120. The van der Waals surface area contributed by atoms with Crippen LogP contribution >= 0.6 is 11.8 Å². The lowest BCUT2D eigenvalue weighted by Crippen LogP contribution is -2.13. The Morgan fingerprint density at radius 2 is 1.85 bits per heavy atom. The van der Waals surface area contributed by atoms with E-state index in [9.17, 15) is 10.1 Å². The van der Waals surface area contributed by atoms with Gasteiger partial charge in [-0.3, -0.25) is 9.36 Å². The lowest BCUT2D eigenvalue weighted by molar-refractivity contribution is -0.115. The molecule has 3 aromatic carbocycles. The maximum absolute atomic E-state index is 12.4. The van der Waals surface area contributed by atoms with Crippen molar-refractivity contribution < 1.29 is 9.53 Å². The zero-order chi connectivity index (χ0) is 23.0. The number of nitrogens with zero attached hydrogens (tertiary/aromatic N) is 4. The highest BCUT2D eigenvalue weighted by atomic mass is 32.2. The van der Waals surface area contributed by atoms with Crippen LogP contribution < -0.4 is 10.1 Å². The van der Waals surface area contributed by atoms with Crippen molar-refractivity contribution in [3.05, 3.63) is 84.4 Å². The van der Waals surface area contributed by atoms with Crippen LogP contribution in [0.1, 0.15) is 12.0 Å². The fourth-order valence-corrected chi connectivity index (χ4v) is 4.15. The molecule has 0 aliphatic rings. The first-order chi connectivity index (χ1) is 16.2. The minimum atomic E-state index is -0.163. The van der Waals surface area contributed by atoms with E-state index in [1.165, 1.54) is 11.8 Å². The quantitative estimate of drug-likeness (QED) is 0.379. The van der Waals surface area contributed by atoms with Crippen LogP contribution in [0, 0.1) is 11.3 Å². The summed E-state index contributed by atoms with van der Waals surface area (Å²) >= 11 is 1.45. The van der Waals surface area contributed by atoms with Crippen LogP contribution in [0.2, 0.25) is 0 Å². The molecule has 1 N–H and O–H groups in total. The van der Waals surface area contributed by atoms with E-state index < -0.39 is 0 Å². The summed E-state index contributed by atoms with van der Waals surface area (Å²) in [7, 11) is 1.63. The van der Waals surface area contributed by atoms with E-state index in [1.807, 2.05) is 59.2 Å². The molecule has 0 fully saturated rings. The van der Waals surface area contributed by atoms with E-state index in [0.717, 1.165) is 17.0 Å². The van der Waals surface area contributed by atoms with Gasteiger partial charge in [0.15, 0.2) is 11.0 Å². The summed E-state index contributed by atoms with van der Waals surface area (Å²) in [6.45, 7) is 0. The summed E-state index contributed by atoms with van der Waals surface area (Å²) in [5, 5.41) is 21.5. The maximum atomic E-state index is 12.4. The minimum Gasteiger partial charge on any atom is -0.497 e. The van der Waals surface area contributed by atoms with Crippen LogP contribution in [-0.2, 0) is 4.79 Å². The number of nitrogens with one attached hydrogen (secondary N) is 1. The molecule has 0 aliphatic heterocycles. The third-order valence-corrected chi connectivity index (χ3v) is 5.79. The lowest BCUT2D eigenvalue weighted by atomic mass is 10.2. The molecule has 0 aliphatic carbocycles. The van der Waals surface area contributed by atoms with Crippen molar-refractivity contribution in [1.29, 1.82) is 5.26 Å². The highest BCUT2D eigenvalue weighted by Gasteiger charge is 2.17. The van der Waals surface area contributed by atoms with Crippen molar-refractivity contribution >= 4 is 23.4 Å². The number of ether oxygens (including phenoxy) is 1. The molecule has 0 radical (unpaired) electrons. The van der Waals surface area contributed by atoms with E-state index in [4.69, 9.17) is 4.74 Å². The molecule has 4 aromatic rings. The Morgan fingerprint density at radius 3 is 2.64 bits per heavy atom. The first-order valence-corrected chi connectivity index (χ1v) is 11.2. The summed E-state index contributed by atoms with van der Waals surface area (Å²) in [5.41, 5.74) is 2.76. The number of carbonyl (C=O) groups is 1. The number of hydrogen-bond donors (Lipinski definition) is 1. The van der Waals surface area contributed by atoms with E-state index in [2.05, 4.69) is 21.6 Å². The van der Waals surface area contributed by atoms with Crippen LogP contribution in [0.4, 0.5) is 5.69 Å². The predicted octanol–water partition coefficient (Wildman–Crippen LogP) is 4.94. The molecule has 0 saturated carbocycles. The molecular formula is C25H21N5O2S. The van der Waals surface area contributed by atoms with Gasteiger partial charge in [-0.2, -0.15) is 5.26 Å². The molecule has 0 unspecified atom stereocenters. The topological polar surface area (TPSA) is 92.8 Å². The molecule has 0 spiro atoms. The molecule has 0 saturated heterocycles. The standard InChI is InChI=1S/C25H21N5O2S/c1-32-21-12-7-9-18(16-21)24-28-29-25(30(24)20-10-3-2-4-11-20)33-15-14-23(31)27-22-13-6-5-8-19(22)17-26/h2-13,16H,14-15H2,1H3,(H,27,31). The number of aromatic nitrogens is 3. The van der Waals surface area contributed by atoms with Gasteiger partial charge in [-0.05, 0) is 36.4 Å². The zero-order valence-electron chi connectivity index (χ0n) is 17.9. The average Bonchev–Trinajstić information content (AvgIpc) is 3.29. The molecule has 0 atom stereocenters. The molecule has 33 heavy (non-hydrogen) atoms. The van der Waals surface area contributed by atoms with Crippen LogP contribution in [0.3, 0.4) is 0 Å². The van der Waals surface area contributed by atoms with Crippen LogP contribution in [-0.4, -0.2) is 33.5 Å². The van der Waals surface area contributed by atoms with Gasteiger partial charge in [0, 0.05) is 23.4 Å². The van der Waals surface area contributed by atoms with E-state index >= 15 is 0 Å². The molecule has 8 heteroatoms. The maximum Gasteiger partial charge on any atom is 0.225 e. The lowest BCUT2D eigenvalue weighted by Gasteiger charge is -2.11. The average molecular weight is 456 g/mol. The monoisotopic (exact) mass is 455 g/mol. The number of nitriles is 1. The molecule has 0 bridgehead atoms. The second kappa shape index (κ2) is 10.5. The largest absolute Gasteiger partial charge is 0.497 e. The van der Waals surface area contributed by atoms with E-state index in [1.54, 1.807) is 31.4 Å². The Bertz CT molecular complexity index is 1300. The van der Waals surface area contributed by atoms with Gasteiger partial charge in [0.05, 0.1) is 18.4 Å². The van der Waals surface area contributed by atoms with Crippen molar-refractivity contribution in [3.8, 4) is 28.9 Å². The summed E-state index contributed by atoms with van der Waals surface area (Å²) in [5.74, 6) is 1.77. The van der Waals surface area contributed by atoms with Crippen molar-refractivity contribution in [2.24, 2.45) is 0 Å². The fourth-order valence-electron chi connectivity index (χ4n) is 3.26. The normalized spacial score (nSPS) is 10.4. The molecule has 1 aromatic heterocycles. The van der Waals surface area contributed by atoms with Crippen LogP contribution in [0.15, 0.2) is 84.0 Å². The SMILES string of the molecule is COc1cccc(-c2nnc(SCCC(=O)Nc3ccccc3C#N)n2-c2ccccc2)c1. The van der Waals surface area contributed by atoms with E-state index in [0.29, 0.717) is 28.0 Å². The van der Waals surface area contributed by atoms with Gasteiger partial charge in [-0.1, -0.05) is 54.2 Å². The number of benzene rings is 3. The second-order valence-corrected chi connectivity index (χ2v) is 8.08. The summed E-state index contributed by atoms with van der Waals surface area (Å²) in [6, 6.07) is 26.5. The van der Waals surface area contributed by atoms with E-state index in [-0.39, 0.29) is 12.3 Å². The molecule has 1 heterocycles. The van der Waals surface area contributed by atoms with Gasteiger partial charge in [-0.25, -0.2) is 0 Å². The number of carbonyl (C=O) groups excluding carboxylic acids is 1. The first kappa shape index (κ1) is 22.1. The Balaban J connectivity index is 1.52. The third-order valence-electron chi connectivity index (χ3n) is 4.86. The van der Waals surface area contributed by atoms with Crippen molar-refractivity contribution in [2.45, 2.75) is 11.6 Å². The van der Waals surface area contributed by atoms with Crippen molar-refractivity contribution in [3.63, 3.8) is 0 Å². The second-order valence-electron chi connectivity index (χ2n) is 7.01. The summed E-state index contributed by atoms with van der Waals surface area (Å²) < 4.78 is 7.33. The molecule has 7 nitrogen and oxygen atoms in total. The number of methoxy groups -OCH3 is 1. The van der Waals surface area contributed by atoms with Gasteiger partial charge < -0.3 is 10.1 Å². The zero-order valence-corrected chi connectivity index (χ0v) is 18.7. The van der Waals surface area contributed by atoms with Crippen molar-refractivity contribution in [2.75, 3.05) is 18.2 Å². The first-order valence-electron chi connectivity index (χ1n) is 10.3. The molecule has 1 amide bonds. The van der Waals surface area contributed by atoms with Crippen LogP contribution in [0.25, 0.3) is 17.1 Å². The number of hydrogen-bond acceptors (Lipinski definition) is 6. The number of amides is 1. The van der Waals surface area contributed by atoms with Gasteiger partial charge in [0.1, 0.15) is 11.8 Å². The van der Waals surface area contributed by atoms with Gasteiger partial charge in [0.2, 0.25) is 5.91 Å². The van der Waals surface area contributed by atoms with Crippen LogP contribution in [0.5, 0.6) is 5.75 Å². The Morgan fingerprint density at radius 1 is 1.06 bits per heavy atom. The van der Waals surface area contributed by atoms with Gasteiger partial charge in [0.25, 0.3) is 0 Å². The number of anilines is 1. The predicted molar refractivity (Wildman–Crippen MR) is 128 cm³/mol. The Hall–Kier alpha value is -4.09. The molecular weight excluding hydrogens is 434 g/mol. The minimum absolute atomic E-state index is 0.163. The third kappa shape index (κ3) is 5.22. The smallest absolute Gasteiger partial charge is 0.225 e. The Kier molecular flexibility index (Phi) is 7.03. The summed E-state index contributed by atoms with van der Waals surface area (Å²) in [4.78, 5) is 12.4. The Labute approximate surface area is 196 Å². The molecule has 164 valence electrons. The van der Waals surface area contributed by atoms with Gasteiger partial charge in [-0.15, -0.1) is 10.2 Å². The van der Waals surface area contributed by atoms with Crippen molar-refractivity contribution in [1.82, 2.24) is 14.8 Å². The highest BCUT2D eigenvalue weighted by molar-refractivity contribution is 7.99. The number of rotatable bonds is 8. The van der Waals surface area contributed by atoms with Gasteiger partial charge >= 0.3 is 0 Å². The number of thioether (sulfide) groups is 1. The number of para-hydroxylation sites is 2. The molecule has 4 rings (SSSR count). The highest BCUT2D eigenvalue weighted by Crippen LogP contribution is 2.30. The summed E-state index contributed by atoms with van der Waals surface area (Å²) in [6.07, 6.45) is 0.264.